The third kappa shape index (κ3) is 4.22. The minimum atomic E-state index is -1.03. The van der Waals surface area contributed by atoms with E-state index < -0.39 is 15.2 Å². The van der Waals surface area contributed by atoms with Gasteiger partial charge in [0, 0.05) is 20.9 Å². The van der Waals surface area contributed by atoms with Crippen LogP contribution in [0.4, 0.5) is 0 Å². The quantitative estimate of drug-likeness (QED) is 0.596. The van der Waals surface area contributed by atoms with Gasteiger partial charge in [0.05, 0.1) is 23.1 Å². The molecule has 0 atom stereocenters. The van der Waals surface area contributed by atoms with Crippen LogP contribution in [0.2, 0.25) is 25.7 Å². The van der Waals surface area contributed by atoms with Gasteiger partial charge in [0.25, 0.3) is 0 Å². The molecule has 1 aromatic rings. The van der Waals surface area contributed by atoms with Crippen LogP contribution in [0, 0.1) is 0 Å². The summed E-state index contributed by atoms with van der Waals surface area (Å²) in [4.78, 5) is 4.40. The molecule has 2 heterocycles. The van der Waals surface area contributed by atoms with Crippen LogP contribution < -0.4 is 5.59 Å². The molecular formula is C15H29BN2O3Si. The summed E-state index contributed by atoms with van der Waals surface area (Å²) in [5, 5.41) is 0. The predicted octanol–water partition coefficient (Wildman–Crippen LogP) is 2.49. The van der Waals surface area contributed by atoms with Crippen molar-refractivity contribution < 1.29 is 14.0 Å². The fourth-order valence-corrected chi connectivity index (χ4v) is 2.84. The normalized spacial score (nSPS) is 20.6. The first-order valence-corrected chi connectivity index (χ1v) is 11.7. The van der Waals surface area contributed by atoms with Crippen molar-refractivity contribution >= 4 is 20.8 Å². The highest BCUT2D eigenvalue weighted by Crippen LogP contribution is 2.36. The van der Waals surface area contributed by atoms with Gasteiger partial charge in [0.1, 0.15) is 6.73 Å². The van der Waals surface area contributed by atoms with Crippen molar-refractivity contribution in [1.29, 1.82) is 0 Å². The summed E-state index contributed by atoms with van der Waals surface area (Å²) in [5.41, 5.74) is 0.123. The number of imidazole rings is 1. The molecule has 124 valence electrons. The summed E-state index contributed by atoms with van der Waals surface area (Å²) in [6.07, 6.45) is 3.71. The summed E-state index contributed by atoms with van der Waals surface area (Å²) in [6.45, 7) is 16.6. The van der Waals surface area contributed by atoms with Gasteiger partial charge in [-0.2, -0.15) is 0 Å². The van der Waals surface area contributed by atoms with Crippen LogP contribution in [-0.2, 0) is 20.8 Å². The van der Waals surface area contributed by atoms with Crippen LogP contribution in [0.15, 0.2) is 12.5 Å². The van der Waals surface area contributed by atoms with Crippen LogP contribution in [-0.4, -0.2) is 42.6 Å². The van der Waals surface area contributed by atoms with Crippen molar-refractivity contribution in [3.63, 3.8) is 0 Å². The molecular weight excluding hydrogens is 295 g/mol. The monoisotopic (exact) mass is 324 g/mol. The topological polar surface area (TPSA) is 45.5 Å². The number of ether oxygens (including phenoxy) is 1. The third-order valence-corrected chi connectivity index (χ3v) is 6.09. The van der Waals surface area contributed by atoms with Crippen molar-refractivity contribution in [2.75, 3.05) is 6.61 Å². The second kappa shape index (κ2) is 6.11. The van der Waals surface area contributed by atoms with Gasteiger partial charge in [-0.1, -0.05) is 19.6 Å². The van der Waals surface area contributed by atoms with Crippen molar-refractivity contribution in [2.24, 2.45) is 0 Å². The van der Waals surface area contributed by atoms with E-state index in [0.717, 1.165) is 12.2 Å². The minimum absolute atomic E-state index is 0.338. The van der Waals surface area contributed by atoms with E-state index in [0.29, 0.717) is 6.73 Å². The lowest BCUT2D eigenvalue weighted by atomic mass is 9.86. The van der Waals surface area contributed by atoms with E-state index in [2.05, 4.69) is 24.6 Å². The van der Waals surface area contributed by atoms with E-state index in [1.54, 1.807) is 6.33 Å². The zero-order valence-corrected chi connectivity index (χ0v) is 16.0. The molecule has 0 amide bonds. The summed E-state index contributed by atoms with van der Waals surface area (Å²) in [5.74, 6) is 0. The van der Waals surface area contributed by atoms with E-state index in [1.165, 1.54) is 6.04 Å². The lowest BCUT2D eigenvalue weighted by Crippen LogP contribution is -2.41. The molecule has 1 aliphatic heterocycles. The molecule has 0 aliphatic carbocycles. The molecule has 1 aromatic heterocycles. The van der Waals surface area contributed by atoms with Crippen molar-refractivity contribution in [3.8, 4) is 0 Å². The van der Waals surface area contributed by atoms with Crippen molar-refractivity contribution in [2.45, 2.75) is 71.3 Å². The van der Waals surface area contributed by atoms with E-state index in [9.17, 15) is 0 Å². The highest BCUT2D eigenvalue weighted by molar-refractivity contribution is 6.76. The number of nitrogens with zero attached hydrogens (tertiary/aromatic N) is 2. The molecule has 1 aliphatic rings. The molecule has 0 spiro atoms. The van der Waals surface area contributed by atoms with Gasteiger partial charge in [-0.15, -0.1) is 0 Å². The van der Waals surface area contributed by atoms with Gasteiger partial charge in [-0.05, 0) is 33.7 Å². The second-order valence-corrected chi connectivity index (χ2v) is 13.9. The molecule has 0 radical (unpaired) electrons. The van der Waals surface area contributed by atoms with Gasteiger partial charge in [-0.3, -0.25) is 0 Å². The van der Waals surface area contributed by atoms with E-state index in [4.69, 9.17) is 14.0 Å². The Kier molecular flexibility index (Phi) is 4.92. The molecule has 22 heavy (non-hydrogen) atoms. The maximum absolute atomic E-state index is 6.00. The van der Waals surface area contributed by atoms with Gasteiger partial charge in [0.15, 0.2) is 0 Å². The summed E-state index contributed by atoms with van der Waals surface area (Å²) >= 11 is 0. The van der Waals surface area contributed by atoms with E-state index in [-0.39, 0.29) is 11.2 Å². The first-order valence-electron chi connectivity index (χ1n) is 7.95. The maximum atomic E-state index is 6.00. The molecule has 1 saturated heterocycles. The molecule has 7 heteroatoms. The maximum Gasteiger partial charge on any atom is 0.516 e. The zero-order valence-electron chi connectivity index (χ0n) is 15.0. The number of rotatable bonds is 6. The fourth-order valence-electron chi connectivity index (χ4n) is 2.08. The Bertz CT molecular complexity index is 495. The zero-order chi connectivity index (χ0) is 16.6. The molecule has 0 N–H and O–H groups in total. The number of hydrogen-bond acceptors (Lipinski definition) is 4. The van der Waals surface area contributed by atoms with E-state index in [1.807, 2.05) is 38.5 Å². The second-order valence-electron chi connectivity index (χ2n) is 8.25. The average molecular weight is 324 g/mol. The summed E-state index contributed by atoms with van der Waals surface area (Å²) in [7, 11) is -1.44. The van der Waals surface area contributed by atoms with E-state index >= 15 is 0 Å². The Hall–Kier alpha value is -0.628. The summed E-state index contributed by atoms with van der Waals surface area (Å²) < 4.78 is 19.7. The smallest absolute Gasteiger partial charge is 0.398 e. The molecule has 2 rings (SSSR count). The van der Waals surface area contributed by atoms with Crippen molar-refractivity contribution in [3.05, 3.63) is 12.5 Å². The first kappa shape index (κ1) is 17.7. The van der Waals surface area contributed by atoms with Crippen molar-refractivity contribution in [1.82, 2.24) is 9.55 Å². The molecule has 0 saturated carbocycles. The SMILES string of the molecule is CC1(C)OB(c2cn(COCC[Si](C)(C)C)cn2)OC1(C)C. The Morgan fingerprint density at radius 3 is 2.32 bits per heavy atom. The summed E-state index contributed by atoms with van der Waals surface area (Å²) in [6, 6.07) is 1.17. The lowest BCUT2D eigenvalue weighted by Gasteiger charge is -2.32. The highest BCUT2D eigenvalue weighted by Gasteiger charge is 2.52. The molecule has 1 fully saturated rings. The Balaban J connectivity index is 1.87. The van der Waals surface area contributed by atoms with Gasteiger partial charge in [-0.25, -0.2) is 4.98 Å². The molecule has 5 nitrogen and oxygen atoms in total. The minimum Gasteiger partial charge on any atom is -0.398 e. The van der Waals surface area contributed by atoms with Crippen LogP contribution >= 0.6 is 0 Å². The van der Waals surface area contributed by atoms with Crippen LogP contribution in [0.1, 0.15) is 27.7 Å². The number of hydrogen-bond donors (Lipinski definition) is 0. The van der Waals surface area contributed by atoms with Gasteiger partial charge in [0.2, 0.25) is 0 Å². The third-order valence-electron chi connectivity index (χ3n) is 4.38. The van der Waals surface area contributed by atoms with Gasteiger partial charge >= 0.3 is 7.12 Å². The highest BCUT2D eigenvalue weighted by atomic mass is 28.3. The lowest BCUT2D eigenvalue weighted by molar-refractivity contribution is 0.00578. The largest absolute Gasteiger partial charge is 0.516 e. The Morgan fingerprint density at radius 2 is 1.77 bits per heavy atom. The molecule has 0 unspecified atom stereocenters. The average Bonchev–Trinajstić information content (AvgIpc) is 2.87. The van der Waals surface area contributed by atoms with Crippen LogP contribution in [0.3, 0.4) is 0 Å². The Labute approximate surface area is 135 Å². The van der Waals surface area contributed by atoms with Crippen LogP contribution in [0.25, 0.3) is 0 Å². The predicted molar refractivity (Wildman–Crippen MR) is 92.0 cm³/mol. The molecule has 0 aromatic carbocycles. The Morgan fingerprint density at radius 1 is 1.18 bits per heavy atom. The fraction of sp³-hybridized carbons (Fsp3) is 0.800. The van der Waals surface area contributed by atoms with Gasteiger partial charge < -0.3 is 18.6 Å². The number of aromatic nitrogens is 2. The van der Waals surface area contributed by atoms with Crippen LogP contribution in [0.5, 0.6) is 0 Å². The standard InChI is InChI=1S/C15H29BN2O3Si/c1-14(2)15(3,4)21-16(20-14)13-10-18(11-17-13)12-19-8-9-22(5,6)7/h10-11H,8-9,12H2,1-7H3. The first-order chi connectivity index (χ1) is 10.0. The molecule has 0 bridgehead atoms.